The van der Waals surface area contributed by atoms with E-state index in [2.05, 4.69) is 0 Å². The van der Waals surface area contributed by atoms with Gasteiger partial charge in [0.25, 0.3) is 0 Å². The van der Waals surface area contributed by atoms with Crippen molar-refractivity contribution in [3.63, 3.8) is 0 Å². The van der Waals surface area contributed by atoms with E-state index in [0.717, 1.165) is 0 Å². The van der Waals surface area contributed by atoms with Crippen LogP contribution in [0.5, 0.6) is 0 Å². The van der Waals surface area contributed by atoms with Crippen LogP contribution in [0.4, 0.5) is 10.5 Å². The first kappa shape index (κ1) is 16.1. The standard InChI is InChI=1S/4FH.Li.Na.Zr.2H/h4*1H;;;;;/q;;;;;;+4;;/p-4. The quantitative estimate of drug-likeness (QED) is 0.391. The minimum absolute atomic E-state index is 0. The summed E-state index contributed by atoms with van der Waals surface area (Å²) in [6.07, 6.45) is 0. The monoisotopic (exact) mass is 198 g/mol. The summed E-state index contributed by atoms with van der Waals surface area (Å²) in [5, 5.41) is 0. The molecular formula is H2F4LiNaZr. The van der Waals surface area contributed by atoms with Crippen LogP contribution in [0.25, 0.3) is 0 Å². The SMILES string of the molecule is [F][Zr]([F])([F])[F].[LiH].[NaH]. The van der Waals surface area contributed by atoms with Crippen molar-refractivity contribution in [1.82, 2.24) is 0 Å². The van der Waals surface area contributed by atoms with E-state index >= 15 is 0 Å². The summed E-state index contributed by atoms with van der Waals surface area (Å²) in [5.74, 6) is 0. The average molecular weight is 199 g/mol. The van der Waals surface area contributed by atoms with Crippen LogP contribution in [-0.2, 0) is 22.7 Å². The zero-order valence-corrected chi connectivity index (χ0v) is 4.47. The van der Waals surface area contributed by atoms with E-state index < -0.39 is 22.7 Å². The summed E-state index contributed by atoms with van der Waals surface area (Å²) in [4.78, 5) is 0. The van der Waals surface area contributed by atoms with Gasteiger partial charge < -0.3 is 0 Å². The Balaban J connectivity index is -0.0000000800. The molecule has 0 atom stereocenters. The molecule has 0 saturated heterocycles. The zero-order valence-electron chi connectivity index (χ0n) is 2.01. The van der Waals surface area contributed by atoms with Crippen LogP contribution in [-0.4, -0.2) is 48.4 Å². The second-order valence-electron chi connectivity index (χ2n) is 0.429. The predicted molar refractivity (Wildman–Crippen MR) is 18.7 cm³/mol. The van der Waals surface area contributed by atoms with Crippen LogP contribution in [0.1, 0.15) is 0 Å². The van der Waals surface area contributed by atoms with Crippen LogP contribution in [0.2, 0.25) is 0 Å². The Morgan fingerprint density at radius 3 is 0.857 bits per heavy atom. The summed E-state index contributed by atoms with van der Waals surface area (Å²) in [5.41, 5.74) is 0. The molecule has 0 aliphatic heterocycles. The van der Waals surface area contributed by atoms with Crippen molar-refractivity contribution in [2.24, 2.45) is 0 Å². The van der Waals surface area contributed by atoms with E-state index in [0.29, 0.717) is 0 Å². The van der Waals surface area contributed by atoms with Crippen molar-refractivity contribution in [1.29, 1.82) is 0 Å². The number of hydrogen-bond donors (Lipinski definition) is 0. The Morgan fingerprint density at radius 2 is 0.857 bits per heavy atom. The molecule has 0 radical (unpaired) electrons. The van der Waals surface area contributed by atoms with Gasteiger partial charge in [-0.05, 0) is 0 Å². The molecule has 0 aliphatic carbocycles. The van der Waals surface area contributed by atoms with E-state index in [-0.39, 0.29) is 48.4 Å². The van der Waals surface area contributed by atoms with Crippen molar-refractivity contribution in [2.75, 3.05) is 0 Å². The molecule has 36 valence electrons. The van der Waals surface area contributed by atoms with E-state index in [9.17, 15) is 10.5 Å². The Morgan fingerprint density at radius 1 is 0.857 bits per heavy atom. The van der Waals surface area contributed by atoms with Gasteiger partial charge in [0, 0.05) is 0 Å². The summed E-state index contributed by atoms with van der Waals surface area (Å²) in [7, 11) is 0. The van der Waals surface area contributed by atoms with Gasteiger partial charge >= 0.3 is 81.6 Å². The van der Waals surface area contributed by atoms with Crippen molar-refractivity contribution >= 4 is 48.4 Å². The molecule has 0 saturated carbocycles. The van der Waals surface area contributed by atoms with Gasteiger partial charge in [-0.1, -0.05) is 0 Å². The molecule has 0 aliphatic rings. The first-order valence-electron chi connectivity index (χ1n) is 0.756. The molecule has 0 nitrogen and oxygen atoms in total. The molecule has 7 heavy (non-hydrogen) atoms. The van der Waals surface area contributed by atoms with E-state index in [1.165, 1.54) is 0 Å². The van der Waals surface area contributed by atoms with Gasteiger partial charge in [-0.25, -0.2) is 0 Å². The van der Waals surface area contributed by atoms with Gasteiger partial charge in [-0.2, -0.15) is 0 Å². The maximum atomic E-state index is 9.90. The third-order valence-electron chi connectivity index (χ3n) is 0. The van der Waals surface area contributed by atoms with E-state index in [1.807, 2.05) is 0 Å². The molecule has 0 fully saturated rings. The van der Waals surface area contributed by atoms with Gasteiger partial charge in [0.1, 0.15) is 0 Å². The molecule has 0 bridgehead atoms. The molecule has 0 amide bonds. The van der Waals surface area contributed by atoms with Crippen molar-refractivity contribution in [3.8, 4) is 0 Å². The van der Waals surface area contributed by atoms with Gasteiger partial charge in [-0.3, -0.25) is 0 Å². The number of hydrogen-bond acceptors (Lipinski definition) is 0. The first-order valence-corrected chi connectivity index (χ1v) is 4.47. The summed E-state index contributed by atoms with van der Waals surface area (Å²) >= 11 is -7.18. The fourth-order valence-electron chi connectivity index (χ4n) is 0. The summed E-state index contributed by atoms with van der Waals surface area (Å²) in [6, 6.07) is 0. The molecule has 0 heterocycles. The van der Waals surface area contributed by atoms with Crippen molar-refractivity contribution in [3.05, 3.63) is 0 Å². The molecule has 0 aromatic rings. The Kier molecular flexibility index (Phi) is 14.5. The number of halogens is 4. The molecule has 0 N–H and O–H groups in total. The van der Waals surface area contributed by atoms with Gasteiger partial charge in [-0.15, -0.1) is 0 Å². The normalized spacial score (nSPS) is 8.57. The fourth-order valence-corrected chi connectivity index (χ4v) is 0. The van der Waals surface area contributed by atoms with Crippen LogP contribution in [0.15, 0.2) is 0 Å². The van der Waals surface area contributed by atoms with E-state index in [1.54, 1.807) is 0 Å². The summed E-state index contributed by atoms with van der Waals surface area (Å²) in [6.45, 7) is 0. The Labute approximate surface area is 80.4 Å². The van der Waals surface area contributed by atoms with Gasteiger partial charge in [0.15, 0.2) is 0 Å². The second-order valence-corrected chi connectivity index (χ2v) is 2.54. The molecule has 0 rings (SSSR count). The topological polar surface area (TPSA) is 0 Å². The Hall–Kier alpha value is 2.20. The van der Waals surface area contributed by atoms with E-state index in [4.69, 9.17) is 0 Å². The molecule has 0 spiro atoms. The zero-order chi connectivity index (χ0) is 4.50. The molecule has 0 aromatic carbocycles. The average Bonchev–Trinajstić information content (AvgIpc) is 0.722. The van der Waals surface area contributed by atoms with Crippen LogP contribution in [0, 0.1) is 0 Å². The first-order chi connectivity index (χ1) is 2.00. The summed E-state index contributed by atoms with van der Waals surface area (Å²) < 4.78 is 39.6. The third-order valence-corrected chi connectivity index (χ3v) is 0. The van der Waals surface area contributed by atoms with Crippen LogP contribution in [0.3, 0.4) is 0 Å². The number of rotatable bonds is 0. The van der Waals surface area contributed by atoms with Crippen molar-refractivity contribution in [2.45, 2.75) is 0 Å². The third kappa shape index (κ3) is 65.1. The van der Waals surface area contributed by atoms with Gasteiger partial charge in [0.2, 0.25) is 0 Å². The molecule has 0 aromatic heterocycles. The van der Waals surface area contributed by atoms with Crippen LogP contribution < -0.4 is 0 Å². The van der Waals surface area contributed by atoms with Gasteiger partial charge in [0.05, 0.1) is 0 Å². The van der Waals surface area contributed by atoms with Crippen molar-refractivity contribution < 1.29 is 33.2 Å². The Bertz CT molecular complexity index is 27.2. The van der Waals surface area contributed by atoms with Crippen LogP contribution >= 0.6 is 0 Å². The maximum absolute atomic E-state index is 9.90. The second kappa shape index (κ2) is 6.32. The predicted octanol–water partition coefficient (Wildman–Crippen LogP) is 0.381. The minimum atomic E-state index is -7.18. The molecule has 7 heteroatoms. The molecule has 0 unspecified atom stereocenters. The molecular weight excluding hydrogens is 197 g/mol. The fraction of sp³-hybridized carbons (Fsp3) is 0.